The molecule has 1 atom stereocenters. The second-order valence-electron chi connectivity index (χ2n) is 3.44. The standard InChI is InChI=1S/C12H13FN2O/c1-2-3-4-10(15)11-8(7-14)5-6-9(13)12(11)16/h2,5-6,10,16H,1,3-4,15H2/t10-/m1/s1. The zero-order valence-electron chi connectivity index (χ0n) is 8.78. The van der Waals surface area contributed by atoms with Gasteiger partial charge in [0.05, 0.1) is 11.6 Å². The Balaban J connectivity index is 3.14. The highest BCUT2D eigenvalue weighted by molar-refractivity contribution is 5.48. The molecule has 0 aliphatic carbocycles. The molecule has 0 bridgehead atoms. The van der Waals surface area contributed by atoms with Gasteiger partial charge in [0.2, 0.25) is 0 Å². The normalized spacial score (nSPS) is 11.8. The van der Waals surface area contributed by atoms with Gasteiger partial charge in [-0.05, 0) is 25.0 Å². The molecule has 0 aliphatic rings. The topological polar surface area (TPSA) is 70.0 Å². The first kappa shape index (κ1) is 12.2. The van der Waals surface area contributed by atoms with Gasteiger partial charge in [-0.3, -0.25) is 0 Å². The van der Waals surface area contributed by atoms with Gasteiger partial charge in [0, 0.05) is 11.6 Å². The number of allylic oxidation sites excluding steroid dienone is 1. The zero-order chi connectivity index (χ0) is 12.1. The molecule has 0 radical (unpaired) electrons. The Kier molecular flexibility index (Phi) is 4.03. The number of nitrogens with two attached hydrogens (primary N) is 1. The summed E-state index contributed by atoms with van der Waals surface area (Å²) >= 11 is 0. The average Bonchev–Trinajstić information content (AvgIpc) is 2.29. The third-order valence-corrected chi connectivity index (χ3v) is 2.34. The molecule has 1 rings (SSSR count). The summed E-state index contributed by atoms with van der Waals surface area (Å²) in [7, 11) is 0. The molecule has 0 saturated heterocycles. The smallest absolute Gasteiger partial charge is 0.165 e. The SMILES string of the molecule is C=CCC[C@@H](N)c1c(C#N)ccc(F)c1O. The van der Waals surface area contributed by atoms with Crippen molar-refractivity contribution in [3.63, 3.8) is 0 Å². The Morgan fingerprint density at radius 3 is 2.88 bits per heavy atom. The fraction of sp³-hybridized carbons (Fsp3) is 0.250. The van der Waals surface area contributed by atoms with Crippen LogP contribution < -0.4 is 5.73 Å². The zero-order valence-corrected chi connectivity index (χ0v) is 8.78. The molecule has 0 unspecified atom stereocenters. The van der Waals surface area contributed by atoms with Crippen molar-refractivity contribution >= 4 is 0 Å². The Hall–Kier alpha value is -1.86. The number of rotatable bonds is 4. The average molecular weight is 220 g/mol. The predicted octanol–water partition coefficient (Wildman–Crippen LogP) is 2.37. The van der Waals surface area contributed by atoms with E-state index in [4.69, 9.17) is 11.0 Å². The van der Waals surface area contributed by atoms with Crippen LogP contribution in [0, 0.1) is 17.1 Å². The molecule has 1 aromatic carbocycles. The van der Waals surface area contributed by atoms with Gasteiger partial charge in [-0.25, -0.2) is 4.39 Å². The van der Waals surface area contributed by atoms with E-state index in [1.54, 1.807) is 6.08 Å². The third-order valence-electron chi connectivity index (χ3n) is 2.34. The van der Waals surface area contributed by atoms with Crippen LogP contribution >= 0.6 is 0 Å². The molecular formula is C12H13FN2O. The molecule has 0 saturated carbocycles. The van der Waals surface area contributed by atoms with Crippen LogP contribution in [0.1, 0.15) is 30.0 Å². The van der Waals surface area contributed by atoms with E-state index in [2.05, 4.69) is 6.58 Å². The van der Waals surface area contributed by atoms with Gasteiger partial charge < -0.3 is 10.8 Å². The minimum atomic E-state index is -0.761. The summed E-state index contributed by atoms with van der Waals surface area (Å²) < 4.78 is 13.1. The van der Waals surface area contributed by atoms with Crippen molar-refractivity contribution in [1.29, 1.82) is 5.26 Å². The van der Waals surface area contributed by atoms with Crippen molar-refractivity contribution in [3.05, 3.63) is 41.7 Å². The molecule has 16 heavy (non-hydrogen) atoms. The van der Waals surface area contributed by atoms with Gasteiger partial charge in [-0.1, -0.05) is 6.08 Å². The first-order chi connectivity index (χ1) is 7.61. The number of aromatic hydroxyl groups is 1. The number of hydrogen-bond acceptors (Lipinski definition) is 3. The summed E-state index contributed by atoms with van der Waals surface area (Å²) in [6.45, 7) is 3.55. The molecule has 0 fully saturated rings. The van der Waals surface area contributed by atoms with E-state index in [1.807, 2.05) is 6.07 Å². The third kappa shape index (κ3) is 2.38. The van der Waals surface area contributed by atoms with Gasteiger partial charge in [-0.15, -0.1) is 6.58 Å². The Bertz CT molecular complexity index is 437. The summed E-state index contributed by atoms with van der Waals surface area (Å²) in [5.41, 5.74) is 6.18. The lowest BCUT2D eigenvalue weighted by molar-refractivity contribution is 0.418. The van der Waals surface area contributed by atoms with Crippen LogP contribution in [0.4, 0.5) is 4.39 Å². The lowest BCUT2D eigenvalue weighted by Crippen LogP contribution is -2.12. The Labute approximate surface area is 93.6 Å². The highest BCUT2D eigenvalue weighted by atomic mass is 19.1. The van der Waals surface area contributed by atoms with Crippen molar-refractivity contribution in [2.24, 2.45) is 5.73 Å². The maximum atomic E-state index is 13.1. The van der Waals surface area contributed by atoms with E-state index >= 15 is 0 Å². The van der Waals surface area contributed by atoms with E-state index in [1.165, 1.54) is 6.07 Å². The van der Waals surface area contributed by atoms with E-state index in [9.17, 15) is 9.50 Å². The number of hydrogen-bond donors (Lipinski definition) is 2. The number of nitrogens with zero attached hydrogens (tertiary/aromatic N) is 1. The van der Waals surface area contributed by atoms with Gasteiger partial charge in [0.25, 0.3) is 0 Å². The quantitative estimate of drug-likeness (QED) is 0.765. The fourth-order valence-electron chi connectivity index (χ4n) is 1.50. The second kappa shape index (κ2) is 5.29. The van der Waals surface area contributed by atoms with E-state index < -0.39 is 17.6 Å². The van der Waals surface area contributed by atoms with Crippen molar-refractivity contribution in [1.82, 2.24) is 0 Å². The molecule has 1 aromatic rings. The maximum absolute atomic E-state index is 13.1. The summed E-state index contributed by atoms with van der Waals surface area (Å²) in [5.74, 6) is -1.29. The Morgan fingerprint density at radius 2 is 2.31 bits per heavy atom. The van der Waals surface area contributed by atoms with Crippen LogP contribution in [-0.2, 0) is 0 Å². The van der Waals surface area contributed by atoms with Gasteiger partial charge in [0.1, 0.15) is 0 Å². The van der Waals surface area contributed by atoms with Crippen LogP contribution in [0.3, 0.4) is 0 Å². The van der Waals surface area contributed by atoms with Crippen molar-refractivity contribution < 1.29 is 9.50 Å². The fourth-order valence-corrected chi connectivity index (χ4v) is 1.50. The van der Waals surface area contributed by atoms with Crippen LogP contribution in [-0.4, -0.2) is 5.11 Å². The highest BCUT2D eigenvalue weighted by Gasteiger charge is 2.18. The molecule has 0 amide bonds. The highest BCUT2D eigenvalue weighted by Crippen LogP contribution is 2.31. The molecule has 4 heteroatoms. The first-order valence-corrected chi connectivity index (χ1v) is 4.89. The van der Waals surface area contributed by atoms with Gasteiger partial charge >= 0.3 is 0 Å². The van der Waals surface area contributed by atoms with Crippen LogP contribution in [0.25, 0.3) is 0 Å². The minimum absolute atomic E-state index is 0.171. The van der Waals surface area contributed by atoms with Crippen molar-refractivity contribution in [3.8, 4) is 11.8 Å². The number of phenols is 1. The molecule has 3 N–H and O–H groups in total. The van der Waals surface area contributed by atoms with Crippen molar-refractivity contribution in [2.45, 2.75) is 18.9 Å². The van der Waals surface area contributed by atoms with Crippen LogP contribution in [0.2, 0.25) is 0 Å². The summed E-state index contributed by atoms with van der Waals surface area (Å²) in [5, 5.41) is 18.4. The predicted molar refractivity (Wildman–Crippen MR) is 59.1 cm³/mol. The van der Waals surface area contributed by atoms with E-state index in [-0.39, 0.29) is 11.1 Å². The largest absolute Gasteiger partial charge is 0.505 e. The lowest BCUT2D eigenvalue weighted by atomic mass is 9.96. The summed E-state index contributed by atoms with van der Waals surface area (Å²) in [6.07, 6.45) is 2.83. The van der Waals surface area contributed by atoms with E-state index in [0.29, 0.717) is 12.8 Å². The summed E-state index contributed by atoms with van der Waals surface area (Å²) in [6, 6.07) is 3.69. The monoisotopic (exact) mass is 220 g/mol. The van der Waals surface area contributed by atoms with Crippen LogP contribution in [0.5, 0.6) is 5.75 Å². The minimum Gasteiger partial charge on any atom is -0.505 e. The van der Waals surface area contributed by atoms with Gasteiger partial charge in [-0.2, -0.15) is 5.26 Å². The summed E-state index contributed by atoms with van der Waals surface area (Å²) in [4.78, 5) is 0. The first-order valence-electron chi connectivity index (χ1n) is 4.89. The molecule has 0 spiro atoms. The second-order valence-corrected chi connectivity index (χ2v) is 3.44. The molecular weight excluding hydrogens is 207 g/mol. The molecule has 84 valence electrons. The van der Waals surface area contributed by atoms with Crippen molar-refractivity contribution in [2.75, 3.05) is 0 Å². The number of phenolic OH excluding ortho intramolecular Hbond substituents is 1. The Morgan fingerprint density at radius 1 is 1.62 bits per heavy atom. The maximum Gasteiger partial charge on any atom is 0.165 e. The van der Waals surface area contributed by atoms with Crippen LogP contribution in [0.15, 0.2) is 24.8 Å². The lowest BCUT2D eigenvalue weighted by Gasteiger charge is -2.14. The number of halogens is 1. The number of benzene rings is 1. The number of nitriles is 1. The van der Waals surface area contributed by atoms with Gasteiger partial charge in [0.15, 0.2) is 11.6 Å². The van der Waals surface area contributed by atoms with E-state index in [0.717, 1.165) is 6.07 Å². The molecule has 3 nitrogen and oxygen atoms in total. The molecule has 0 aromatic heterocycles. The molecule has 0 aliphatic heterocycles. The molecule has 0 heterocycles.